The van der Waals surface area contributed by atoms with Gasteiger partial charge in [0.2, 0.25) is 0 Å². The van der Waals surface area contributed by atoms with E-state index in [1.165, 1.54) is 11.1 Å². The first kappa shape index (κ1) is 17.5. The SMILES string of the molecule is CN=C(NCCn1cccc1)NCC(C)N1CCc2ccccc2C1. The van der Waals surface area contributed by atoms with Gasteiger partial charge in [-0.3, -0.25) is 9.89 Å². The normalized spacial score (nSPS) is 16.3. The number of guanidine groups is 1. The highest BCUT2D eigenvalue weighted by atomic mass is 15.2. The van der Waals surface area contributed by atoms with E-state index in [0.29, 0.717) is 6.04 Å². The number of benzene rings is 1. The largest absolute Gasteiger partial charge is 0.355 e. The number of hydrogen-bond acceptors (Lipinski definition) is 2. The van der Waals surface area contributed by atoms with E-state index in [-0.39, 0.29) is 0 Å². The van der Waals surface area contributed by atoms with Crippen LogP contribution in [0.25, 0.3) is 0 Å². The molecule has 1 aliphatic heterocycles. The van der Waals surface area contributed by atoms with E-state index >= 15 is 0 Å². The Hall–Kier alpha value is -2.27. The van der Waals surface area contributed by atoms with Gasteiger partial charge in [0.05, 0.1) is 0 Å². The topological polar surface area (TPSA) is 44.6 Å². The summed E-state index contributed by atoms with van der Waals surface area (Å²) in [6.45, 7) is 7.14. The summed E-state index contributed by atoms with van der Waals surface area (Å²) in [5, 5.41) is 6.84. The fourth-order valence-electron chi connectivity index (χ4n) is 3.31. The van der Waals surface area contributed by atoms with E-state index in [2.05, 4.69) is 68.7 Å². The van der Waals surface area contributed by atoms with Gasteiger partial charge >= 0.3 is 0 Å². The predicted octanol–water partition coefficient (Wildman–Crippen LogP) is 2.10. The van der Waals surface area contributed by atoms with Crippen molar-refractivity contribution in [1.29, 1.82) is 0 Å². The molecule has 1 aromatic carbocycles. The summed E-state index contributed by atoms with van der Waals surface area (Å²) in [6.07, 6.45) is 5.30. The van der Waals surface area contributed by atoms with Crippen molar-refractivity contribution in [2.75, 3.05) is 26.7 Å². The molecule has 0 aliphatic carbocycles. The van der Waals surface area contributed by atoms with Gasteiger partial charge in [-0.05, 0) is 36.6 Å². The van der Waals surface area contributed by atoms with Gasteiger partial charge in [-0.2, -0.15) is 0 Å². The van der Waals surface area contributed by atoms with Crippen LogP contribution in [-0.4, -0.2) is 48.2 Å². The average Bonchev–Trinajstić information content (AvgIpc) is 3.17. The Morgan fingerprint density at radius 3 is 2.64 bits per heavy atom. The molecule has 3 rings (SSSR count). The maximum absolute atomic E-state index is 4.33. The first-order chi connectivity index (χ1) is 12.3. The molecule has 0 saturated heterocycles. The van der Waals surface area contributed by atoms with Crippen LogP contribution >= 0.6 is 0 Å². The smallest absolute Gasteiger partial charge is 0.191 e. The zero-order valence-electron chi connectivity index (χ0n) is 15.3. The lowest BCUT2D eigenvalue weighted by molar-refractivity contribution is 0.191. The molecule has 0 amide bonds. The molecule has 2 heterocycles. The molecule has 1 aliphatic rings. The number of aromatic nitrogens is 1. The molecule has 1 atom stereocenters. The monoisotopic (exact) mass is 339 g/mol. The standard InChI is InChI=1S/C20H29N5/c1-17(25-13-9-18-7-3-4-8-19(18)16-25)15-23-20(21-2)22-10-14-24-11-5-6-12-24/h3-8,11-12,17H,9-10,13-16H2,1-2H3,(H2,21,22,23). The van der Waals surface area contributed by atoms with E-state index in [1.54, 1.807) is 0 Å². The number of nitrogens with one attached hydrogen (secondary N) is 2. The second-order valence-corrected chi connectivity index (χ2v) is 6.64. The van der Waals surface area contributed by atoms with E-state index in [1.807, 2.05) is 19.2 Å². The molecule has 2 N–H and O–H groups in total. The van der Waals surface area contributed by atoms with Gasteiger partial charge in [-0.15, -0.1) is 0 Å². The van der Waals surface area contributed by atoms with E-state index in [9.17, 15) is 0 Å². The maximum atomic E-state index is 4.33. The second-order valence-electron chi connectivity index (χ2n) is 6.64. The summed E-state index contributed by atoms with van der Waals surface area (Å²) in [5.41, 5.74) is 2.97. The molecule has 1 aromatic heterocycles. The first-order valence-corrected chi connectivity index (χ1v) is 9.12. The first-order valence-electron chi connectivity index (χ1n) is 9.12. The van der Waals surface area contributed by atoms with Gasteiger partial charge in [0.25, 0.3) is 0 Å². The summed E-state index contributed by atoms with van der Waals surface area (Å²) in [7, 11) is 1.83. The Labute approximate surface area is 150 Å². The van der Waals surface area contributed by atoms with Crippen molar-refractivity contribution < 1.29 is 0 Å². The van der Waals surface area contributed by atoms with Crippen LogP contribution < -0.4 is 10.6 Å². The molecule has 2 aromatic rings. The Morgan fingerprint density at radius 2 is 1.88 bits per heavy atom. The Kier molecular flexibility index (Phi) is 6.12. The summed E-state index contributed by atoms with van der Waals surface area (Å²) in [4.78, 5) is 6.87. The van der Waals surface area contributed by atoms with E-state index in [4.69, 9.17) is 0 Å². The lowest BCUT2D eigenvalue weighted by atomic mass is 9.99. The molecule has 25 heavy (non-hydrogen) atoms. The molecule has 1 unspecified atom stereocenters. The van der Waals surface area contributed by atoms with Crippen molar-refractivity contribution in [1.82, 2.24) is 20.1 Å². The van der Waals surface area contributed by atoms with Crippen LogP contribution in [0, 0.1) is 0 Å². The number of aliphatic imine (C=N–C) groups is 1. The highest BCUT2D eigenvalue weighted by Crippen LogP contribution is 2.19. The van der Waals surface area contributed by atoms with Crippen LogP contribution in [0.15, 0.2) is 53.8 Å². The van der Waals surface area contributed by atoms with Gasteiger partial charge in [0, 0.05) is 58.2 Å². The van der Waals surface area contributed by atoms with Crippen LogP contribution in [0.3, 0.4) is 0 Å². The minimum Gasteiger partial charge on any atom is -0.355 e. The average molecular weight is 339 g/mol. The van der Waals surface area contributed by atoms with Crippen LogP contribution in [0.1, 0.15) is 18.1 Å². The van der Waals surface area contributed by atoms with Gasteiger partial charge in [-0.25, -0.2) is 0 Å². The minimum atomic E-state index is 0.469. The van der Waals surface area contributed by atoms with Crippen molar-refractivity contribution in [2.24, 2.45) is 4.99 Å². The molecule has 0 radical (unpaired) electrons. The second kappa shape index (κ2) is 8.72. The molecule has 0 fully saturated rings. The third-order valence-electron chi connectivity index (χ3n) is 4.90. The Morgan fingerprint density at radius 1 is 1.12 bits per heavy atom. The molecule has 5 heteroatoms. The third kappa shape index (κ3) is 4.86. The molecule has 0 saturated carbocycles. The molecule has 5 nitrogen and oxygen atoms in total. The van der Waals surface area contributed by atoms with Crippen molar-refractivity contribution in [2.45, 2.75) is 32.5 Å². The Balaban J connectivity index is 1.42. The minimum absolute atomic E-state index is 0.469. The summed E-state index contributed by atoms with van der Waals surface area (Å²) < 4.78 is 2.16. The maximum Gasteiger partial charge on any atom is 0.191 e. The fourth-order valence-corrected chi connectivity index (χ4v) is 3.31. The van der Waals surface area contributed by atoms with Gasteiger partial charge in [0.15, 0.2) is 5.96 Å². The lowest BCUT2D eigenvalue weighted by Gasteiger charge is -2.34. The molecule has 0 spiro atoms. The summed E-state index contributed by atoms with van der Waals surface area (Å²) in [5.74, 6) is 0.872. The highest BCUT2D eigenvalue weighted by molar-refractivity contribution is 5.79. The van der Waals surface area contributed by atoms with Crippen molar-refractivity contribution >= 4 is 5.96 Å². The zero-order chi connectivity index (χ0) is 17.5. The van der Waals surface area contributed by atoms with Crippen molar-refractivity contribution in [3.8, 4) is 0 Å². The summed E-state index contributed by atoms with van der Waals surface area (Å²) in [6, 6.07) is 13.4. The van der Waals surface area contributed by atoms with Crippen LogP contribution in [0.4, 0.5) is 0 Å². The van der Waals surface area contributed by atoms with E-state index in [0.717, 1.165) is 45.1 Å². The predicted molar refractivity (Wildman–Crippen MR) is 104 cm³/mol. The lowest BCUT2D eigenvalue weighted by Crippen LogP contribution is -2.47. The van der Waals surface area contributed by atoms with Gasteiger partial charge in [0.1, 0.15) is 0 Å². The number of nitrogens with zero attached hydrogens (tertiary/aromatic N) is 3. The van der Waals surface area contributed by atoms with Crippen LogP contribution in [0.5, 0.6) is 0 Å². The van der Waals surface area contributed by atoms with Crippen LogP contribution in [0.2, 0.25) is 0 Å². The zero-order valence-corrected chi connectivity index (χ0v) is 15.3. The molecule has 0 bridgehead atoms. The highest BCUT2D eigenvalue weighted by Gasteiger charge is 2.20. The quantitative estimate of drug-likeness (QED) is 0.626. The number of fused-ring (bicyclic) bond motifs is 1. The van der Waals surface area contributed by atoms with Crippen LogP contribution in [-0.2, 0) is 19.5 Å². The Bertz CT molecular complexity index is 677. The van der Waals surface area contributed by atoms with Crippen molar-refractivity contribution in [3.63, 3.8) is 0 Å². The third-order valence-corrected chi connectivity index (χ3v) is 4.90. The van der Waals surface area contributed by atoms with Gasteiger partial charge < -0.3 is 15.2 Å². The van der Waals surface area contributed by atoms with Crippen molar-refractivity contribution in [3.05, 3.63) is 59.9 Å². The fraction of sp³-hybridized carbons (Fsp3) is 0.450. The summed E-state index contributed by atoms with van der Waals surface area (Å²) >= 11 is 0. The molecular weight excluding hydrogens is 310 g/mol. The van der Waals surface area contributed by atoms with E-state index < -0.39 is 0 Å². The molecule has 134 valence electrons. The number of rotatable bonds is 6. The van der Waals surface area contributed by atoms with Gasteiger partial charge in [-0.1, -0.05) is 24.3 Å². The molecular formula is C20H29N5. The number of hydrogen-bond donors (Lipinski definition) is 2.